The maximum absolute atomic E-state index is 6.14. The molecule has 1 aliphatic rings. The maximum atomic E-state index is 6.14. The van der Waals surface area contributed by atoms with Crippen LogP contribution < -0.4 is 14.8 Å². The van der Waals surface area contributed by atoms with E-state index >= 15 is 0 Å². The Hall–Kier alpha value is -1.31. The summed E-state index contributed by atoms with van der Waals surface area (Å²) in [5.74, 6) is 1.67. The topological polar surface area (TPSA) is 33.7 Å². The lowest BCUT2D eigenvalue weighted by atomic mass is 9.89. The van der Waals surface area contributed by atoms with Crippen molar-refractivity contribution < 1.29 is 9.47 Å². The fraction of sp³-hybridized carbons (Fsp3) is 0.455. The van der Waals surface area contributed by atoms with E-state index in [0.29, 0.717) is 6.61 Å². The van der Waals surface area contributed by atoms with Gasteiger partial charge in [-0.1, -0.05) is 26.0 Å². The van der Waals surface area contributed by atoms with E-state index in [1.165, 1.54) is 20.3 Å². The van der Waals surface area contributed by atoms with Crippen molar-refractivity contribution in [3.05, 3.63) is 56.7 Å². The molecular weight excluding hydrogens is 451 g/mol. The van der Waals surface area contributed by atoms with Crippen molar-refractivity contribution in [2.24, 2.45) is 0 Å². The Bertz CT molecular complexity index is 762. The summed E-state index contributed by atoms with van der Waals surface area (Å²) in [5, 5.41) is 3.67. The molecule has 146 valence electrons. The summed E-state index contributed by atoms with van der Waals surface area (Å²) < 4.78 is 13.0. The molecule has 2 aromatic carbocycles. The summed E-state index contributed by atoms with van der Waals surface area (Å²) in [5.41, 5.74) is 3.93. The zero-order valence-electron chi connectivity index (χ0n) is 16.4. The number of likely N-dealkylation sites (N-methyl/N-ethyl adjacent to an activating group) is 1. The van der Waals surface area contributed by atoms with Crippen LogP contribution in [0.5, 0.6) is 11.5 Å². The second-order valence-corrected chi connectivity index (χ2v) is 8.02. The fourth-order valence-electron chi connectivity index (χ4n) is 3.64. The van der Waals surface area contributed by atoms with Crippen LogP contribution in [0.1, 0.15) is 36.6 Å². The summed E-state index contributed by atoms with van der Waals surface area (Å²) in [4.78, 5) is 2.36. The maximum Gasteiger partial charge on any atom is 0.161 e. The van der Waals surface area contributed by atoms with Crippen LogP contribution >= 0.6 is 22.6 Å². The fourth-order valence-corrected chi connectivity index (χ4v) is 4.21. The molecule has 27 heavy (non-hydrogen) atoms. The van der Waals surface area contributed by atoms with Gasteiger partial charge in [0.1, 0.15) is 6.61 Å². The number of hydrogen-bond donors (Lipinski definition) is 1. The van der Waals surface area contributed by atoms with Gasteiger partial charge in [-0.05, 0) is 83.1 Å². The zero-order valence-corrected chi connectivity index (χ0v) is 18.6. The first kappa shape index (κ1) is 20.4. The Morgan fingerprint density at radius 2 is 1.96 bits per heavy atom. The van der Waals surface area contributed by atoms with Gasteiger partial charge in [-0.15, -0.1) is 0 Å². The van der Waals surface area contributed by atoms with Crippen LogP contribution in [0.25, 0.3) is 0 Å². The highest BCUT2D eigenvalue weighted by atomic mass is 127. The third kappa shape index (κ3) is 4.95. The van der Waals surface area contributed by atoms with Crippen molar-refractivity contribution in [1.29, 1.82) is 0 Å². The number of benzene rings is 2. The molecule has 1 heterocycles. The van der Waals surface area contributed by atoms with E-state index in [9.17, 15) is 0 Å². The summed E-state index contributed by atoms with van der Waals surface area (Å²) in [6.45, 7) is 9.00. The van der Waals surface area contributed by atoms with Gasteiger partial charge in [0, 0.05) is 16.7 Å². The Labute approximate surface area is 176 Å². The van der Waals surface area contributed by atoms with Crippen molar-refractivity contribution in [1.82, 2.24) is 10.2 Å². The first-order chi connectivity index (χ1) is 13.2. The highest BCUT2D eigenvalue weighted by molar-refractivity contribution is 14.1. The van der Waals surface area contributed by atoms with Crippen LogP contribution in [0, 0.1) is 3.57 Å². The van der Waals surface area contributed by atoms with Crippen molar-refractivity contribution in [3.8, 4) is 11.5 Å². The number of ether oxygens (including phenoxy) is 2. The molecule has 0 amide bonds. The van der Waals surface area contributed by atoms with Gasteiger partial charge in [0.2, 0.25) is 0 Å². The summed E-state index contributed by atoms with van der Waals surface area (Å²) in [6.07, 6.45) is 1.01. The van der Waals surface area contributed by atoms with Gasteiger partial charge in [-0.2, -0.15) is 0 Å². The monoisotopic (exact) mass is 480 g/mol. The molecule has 1 atom stereocenters. The van der Waals surface area contributed by atoms with Crippen molar-refractivity contribution >= 4 is 22.6 Å². The minimum Gasteiger partial charge on any atom is -0.493 e. The molecule has 0 aromatic heterocycles. The number of fused-ring (bicyclic) bond motifs is 1. The number of methoxy groups -OCH3 is 1. The SMILES string of the molecule is CCN(CC)CCOc1cc2c(cc1OC)CCNC2c1cccc(I)c1. The molecule has 0 spiro atoms. The smallest absolute Gasteiger partial charge is 0.161 e. The minimum absolute atomic E-state index is 0.194. The molecule has 1 aliphatic heterocycles. The third-order valence-electron chi connectivity index (χ3n) is 5.22. The van der Waals surface area contributed by atoms with Crippen LogP contribution in [0.3, 0.4) is 0 Å². The van der Waals surface area contributed by atoms with Gasteiger partial charge in [-0.3, -0.25) is 0 Å². The van der Waals surface area contributed by atoms with Crippen LogP contribution in [0.2, 0.25) is 0 Å². The summed E-state index contributed by atoms with van der Waals surface area (Å²) in [7, 11) is 1.72. The minimum atomic E-state index is 0.194. The van der Waals surface area contributed by atoms with E-state index < -0.39 is 0 Å². The molecule has 4 nitrogen and oxygen atoms in total. The second kappa shape index (κ2) is 9.75. The number of nitrogens with zero attached hydrogens (tertiary/aromatic N) is 1. The average molecular weight is 480 g/mol. The van der Waals surface area contributed by atoms with Crippen LogP contribution in [0.4, 0.5) is 0 Å². The van der Waals surface area contributed by atoms with Gasteiger partial charge < -0.3 is 19.7 Å². The molecule has 0 fully saturated rings. The molecule has 1 unspecified atom stereocenters. The molecule has 0 bridgehead atoms. The van der Waals surface area contributed by atoms with Crippen LogP contribution in [-0.2, 0) is 6.42 Å². The summed E-state index contributed by atoms with van der Waals surface area (Å²) >= 11 is 2.37. The molecule has 5 heteroatoms. The molecular formula is C22H29IN2O2. The van der Waals surface area contributed by atoms with Crippen LogP contribution in [-0.4, -0.2) is 44.8 Å². The molecule has 0 aliphatic carbocycles. The lowest BCUT2D eigenvalue weighted by Gasteiger charge is -2.29. The van der Waals surface area contributed by atoms with Crippen molar-refractivity contribution in [3.63, 3.8) is 0 Å². The molecule has 1 N–H and O–H groups in total. The van der Waals surface area contributed by atoms with Crippen molar-refractivity contribution in [2.75, 3.05) is 39.9 Å². The van der Waals surface area contributed by atoms with Gasteiger partial charge in [-0.25, -0.2) is 0 Å². The van der Waals surface area contributed by atoms with Gasteiger partial charge in [0.05, 0.1) is 13.2 Å². The quantitative estimate of drug-likeness (QED) is 0.573. The second-order valence-electron chi connectivity index (χ2n) is 6.77. The number of rotatable bonds is 8. The van der Waals surface area contributed by atoms with Gasteiger partial charge in [0.25, 0.3) is 0 Å². The van der Waals surface area contributed by atoms with E-state index in [1.54, 1.807) is 7.11 Å². The molecule has 3 rings (SSSR count). The molecule has 0 radical (unpaired) electrons. The zero-order chi connectivity index (χ0) is 19.2. The highest BCUT2D eigenvalue weighted by Crippen LogP contribution is 2.37. The predicted octanol–water partition coefficient (Wildman–Crippen LogP) is 4.26. The summed E-state index contributed by atoms with van der Waals surface area (Å²) in [6, 6.07) is 13.2. The van der Waals surface area contributed by atoms with Gasteiger partial charge in [0.15, 0.2) is 11.5 Å². The Morgan fingerprint density at radius 3 is 2.67 bits per heavy atom. The molecule has 0 saturated heterocycles. The number of nitrogens with one attached hydrogen (secondary N) is 1. The predicted molar refractivity (Wildman–Crippen MR) is 119 cm³/mol. The van der Waals surface area contributed by atoms with Crippen molar-refractivity contribution in [2.45, 2.75) is 26.3 Å². The molecule has 0 saturated carbocycles. The number of hydrogen-bond acceptors (Lipinski definition) is 4. The van der Waals surface area contributed by atoms with E-state index in [-0.39, 0.29) is 6.04 Å². The Morgan fingerprint density at radius 1 is 1.15 bits per heavy atom. The lowest BCUT2D eigenvalue weighted by molar-refractivity contribution is 0.217. The largest absolute Gasteiger partial charge is 0.493 e. The Kier molecular flexibility index (Phi) is 7.38. The van der Waals surface area contributed by atoms with Crippen LogP contribution in [0.15, 0.2) is 36.4 Å². The van der Waals surface area contributed by atoms with E-state index in [4.69, 9.17) is 9.47 Å². The first-order valence-electron chi connectivity index (χ1n) is 9.71. The Balaban J connectivity index is 1.86. The van der Waals surface area contributed by atoms with Gasteiger partial charge >= 0.3 is 0 Å². The number of halogens is 1. The lowest BCUT2D eigenvalue weighted by Crippen LogP contribution is -2.31. The highest BCUT2D eigenvalue weighted by Gasteiger charge is 2.24. The normalized spacial score (nSPS) is 16.3. The molecule has 2 aromatic rings. The van der Waals surface area contributed by atoms with E-state index in [0.717, 1.165) is 44.1 Å². The third-order valence-corrected chi connectivity index (χ3v) is 5.89. The average Bonchev–Trinajstić information content (AvgIpc) is 2.70. The van der Waals surface area contributed by atoms with E-state index in [1.807, 2.05) is 0 Å². The standard InChI is InChI=1S/C22H29IN2O2/c1-4-25(5-2)11-12-27-21-15-19-16(14-20(21)26-3)9-10-24-22(19)17-7-6-8-18(23)13-17/h6-8,13-15,22,24H,4-5,9-12H2,1-3H3. The van der Waals surface area contributed by atoms with E-state index in [2.05, 4.69) is 83.1 Å². The first-order valence-corrected chi connectivity index (χ1v) is 10.8.